The summed E-state index contributed by atoms with van der Waals surface area (Å²) in [4.78, 5) is 29.4. The number of aromatic nitrogens is 1. The standard InChI is InChI=1S/C30H29NO6/c1-5-36-29(32)27-25-19-11-12-20(26(25)28(31-27)30(33)37-6-2)24-22-14-16(35-4)8-10-18(22)17-9-7-15(34-3)13-21(17)23(19)24/h7-10,13-14,19-20,31H,5-6,11-12H2,1-4H3. The van der Waals surface area contributed by atoms with Crippen LogP contribution in [0.2, 0.25) is 0 Å². The lowest BCUT2D eigenvalue weighted by Gasteiger charge is -2.41. The first kappa shape index (κ1) is 23.4. The largest absolute Gasteiger partial charge is 0.497 e. The van der Waals surface area contributed by atoms with Gasteiger partial charge >= 0.3 is 11.9 Å². The van der Waals surface area contributed by atoms with Gasteiger partial charge in [-0.2, -0.15) is 0 Å². The van der Waals surface area contributed by atoms with Crippen molar-refractivity contribution in [3.63, 3.8) is 0 Å². The summed E-state index contributed by atoms with van der Waals surface area (Å²) in [6.45, 7) is 4.05. The van der Waals surface area contributed by atoms with Crippen molar-refractivity contribution < 1.29 is 28.5 Å². The number of hydrogen-bond donors (Lipinski definition) is 1. The van der Waals surface area contributed by atoms with Crippen molar-refractivity contribution in [1.29, 1.82) is 0 Å². The van der Waals surface area contributed by atoms with Crippen LogP contribution >= 0.6 is 0 Å². The van der Waals surface area contributed by atoms with Crippen LogP contribution in [0.3, 0.4) is 0 Å². The van der Waals surface area contributed by atoms with Crippen molar-refractivity contribution in [2.45, 2.75) is 38.5 Å². The second kappa shape index (κ2) is 8.83. The van der Waals surface area contributed by atoms with Crippen LogP contribution in [-0.4, -0.2) is 44.4 Å². The number of esters is 2. The van der Waals surface area contributed by atoms with E-state index in [1.54, 1.807) is 28.1 Å². The second-order valence-electron chi connectivity index (χ2n) is 9.48. The maximum Gasteiger partial charge on any atom is 0.355 e. The van der Waals surface area contributed by atoms with Gasteiger partial charge in [-0.1, -0.05) is 12.1 Å². The minimum atomic E-state index is -0.451. The van der Waals surface area contributed by atoms with Gasteiger partial charge in [-0.05, 0) is 94.8 Å². The number of nitrogens with one attached hydrogen (secondary N) is 1. The summed E-state index contributed by atoms with van der Waals surface area (Å²) in [5.41, 5.74) is 4.77. The van der Waals surface area contributed by atoms with E-state index in [1.807, 2.05) is 12.1 Å². The molecule has 0 radical (unpaired) electrons. The van der Waals surface area contributed by atoms with Gasteiger partial charge in [0.2, 0.25) is 0 Å². The van der Waals surface area contributed by atoms with E-state index in [0.29, 0.717) is 11.4 Å². The maximum atomic E-state index is 13.1. The summed E-state index contributed by atoms with van der Waals surface area (Å²) in [6, 6.07) is 12.3. The van der Waals surface area contributed by atoms with Gasteiger partial charge in [0.05, 0.1) is 27.4 Å². The molecule has 3 aromatic carbocycles. The topological polar surface area (TPSA) is 86.9 Å². The van der Waals surface area contributed by atoms with Gasteiger partial charge in [0.1, 0.15) is 22.9 Å². The monoisotopic (exact) mass is 499 g/mol. The molecule has 7 rings (SSSR count). The summed E-state index contributed by atoms with van der Waals surface area (Å²) in [7, 11) is 3.33. The molecule has 2 bridgehead atoms. The Bertz CT molecular complexity index is 1470. The van der Waals surface area contributed by atoms with Crippen LogP contribution in [0.25, 0.3) is 21.5 Å². The Morgan fingerprint density at radius 3 is 1.51 bits per heavy atom. The van der Waals surface area contributed by atoms with Crippen LogP contribution in [-0.2, 0) is 9.47 Å². The third-order valence-electron chi connectivity index (χ3n) is 7.79. The van der Waals surface area contributed by atoms with Gasteiger partial charge in [-0.25, -0.2) is 9.59 Å². The van der Waals surface area contributed by atoms with Gasteiger partial charge in [0.15, 0.2) is 0 Å². The van der Waals surface area contributed by atoms with Crippen molar-refractivity contribution in [2.24, 2.45) is 0 Å². The summed E-state index contributed by atoms with van der Waals surface area (Å²) in [5, 5.41) is 4.43. The Balaban J connectivity index is 1.72. The Morgan fingerprint density at radius 1 is 0.703 bits per heavy atom. The number of carbonyl (C=O) groups is 2. The average Bonchev–Trinajstić information content (AvgIpc) is 3.35. The lowest BCUT2D eigenvalue weighted by Crippen LogP contribution is -2.27. The highest BCUT2D eigenvalue weighted by molar-refractivity contribution is 6.13. The van der Waals surface area contributed by atoms with Crippen molar-refractivity contribution in [1.82, 2.24) is 4.98 Å². The zero-order valence-corrected chi connectivity index (χ0v) is 21.4. The third kappa shape index (κ3) is 3.33. The zero-order chi connectivity index (χ0) is 25.8. The van der Waals surface area contributed by atoms with Gasteiger partial charge in [0, 0.05) is 11.8 Å². The first-order chi connectivity index (χ1) is 18.0. The Hall–Kier alpha value is -4.00. The van der Waals surface area contributed by atoms with E-state index in [1.165, 1.54) is 11.1 Å². The highest BCUT2D eigenvalue weighted by atomic mass is 16.5. The quantitative estimate of drug-likeness (QED) is 0.256. The molecule has 7 heteroatoms. The number of benzene rings is 3. The van der Waals surface area contributed by atoms with Crippen LogP contribution in [0.4, 0.5) is 0 Å². The molecular weight excluding hydrogens is 470 g/mol. The van der Waals surface area contributed by atoms with Crippen molar-refractivity contribution >= 4 is 33.5 Å². The van der Waals surface area contributed by atoms with Crippen LogP contribution in [0.15, 0.2) is 36.4 Å². The molecule has 0 amide bonds. The van der Waals surface area contributed by atoms with Gasteiger partial charge in [-0.3, -0.25) is 0 Å². The molecule has 3 aliphatic rings. The molecule has 0 fully saturated rings. The fourth-order valence-electron chi connectivity index (χ4n) is 6.44. The number of rotatable bonds is 6. The Labute approximate surface area is 214 Å². The highest BCUT2D eigenvalue weighted by Gasteiger charge is 2.46. The number of carbonyl (C=O) groups excluding carboxylic acids is 2. The molecular formula is C30H29NO6. The molecule has 7 nitrogen and oxygen atoms in total. The van der Waals surface area contributed by atoms with E-state index in [9.17, 15) is 9.59 Å². The van der Waals surface area contributed by atoms with Gasteiger partial charge in [0.25, 0.3) is 0 Å². The summed E-state index contributed by atoms with van der Waals surface area (Å²) in [6.07, 6.45) is 1.72. The molecule has 0 saturated heterocycles. The van der Waals surface area contributed by atoms with Gasteiger partial charge in [-0.15, -0.1) is 0 Å². The molecule has 2 unspecified atom stereocenters. The molecule has 0 saturated carbocycles. The van der Waals surface area contributed by atoms with Crippen molar-refractivity contribution in [2.75, 3.05) is 27.4 Å². The predicted octanol–water partition coefficient (Wildman–Crippen LogP) is 6.06. The smallest absolute Gasteiger partial charge is 0.355 e. The molecule has 190 valence electrons. The van der Waals surface area contributed by atoms with E-state index in [4.69, 9.17) is 18.9 Å². The van der Waals surface area contributed by atoms with Crippen molar-refractivity contribution in [3.05, 3.63) is 70.0 Å². The van der Waals surface area contributed by atoms with Crippen LogP contribution in [0, 0.1) is 0 Å². The number of fused-ring (bicyclic) bond motifs is 4. The molecule has 0 aliphatic heterocycles. The van der Waals surface area contributed by atoms with E-state index >= 15 is 0 Å². The molecule has 2 atom stereocenters. The number of H-pyrrole nitrogens is 1. The fraction of sp³-hybridized carbons (Fsp3) is 0.333. The molecule has 3 aliphatic carbocycles. The summed E-state index contributed by atoms with van der Waals surface area (Å²) >= 11 is 0. The molecule has 1 N–H and O–H groups in total. The number of ether oxygens (including phenoxy) is 4. The average molecular weight is 500 g/mol. The van der Waals surface area contributed by atoms with Crippen LogP contribution in [0.5, 0.6) is 11.5 Å². The maximum absolute atomic E-state index is 13.1. The number of hydrogen-bond acceptors (Lipinski definition) is 6. The molecule has 37 heavy (non-hydrogen) atoms. The minimum Gasteiger partial charge on any atom is -0.497 e. The highest BCUT2D eigenvalue weighted by Crippen LogP contribution is 2.59. The lowest BCUT2D eigenvalue weighted by molar-refractivity contribution is 0.0515. The summed E-state index contributed by atoms with van der Waals surface area (Å²) < 4.78 is 22.0. The van der Waals surface area contributed by atoms with E-state index in [-0.39, 0.29) is 25.0 Å². The zero-order valence-electron chi connectivity index (χ0n) is 21.4. The minimum absolute atomic E-state index is 0.0842. The van der Waals surface area contributed by atoms with E-state index in [0.717, 1.165) is 57.0 Å². The first-order valence-corrected chi connectivity index (χ1v) is 12.7. The first-order valence-electron chi connectivity index (χ1n) is 12.7. The number of methoxy groups -OCH3 is 2. The SMILES string of the molecule is CCOC(=O)c1[nH]c(C(=O)OCC)c2c1C1CCC2c2c1c1cc(OC)ccc1c1ccc(OC)cc21. The van der Waals surface area contributed by atoms with Gasteiger partial charge < -0.3 is 23.9 Å². The van der Waals surface area contributed by atoms with E-state index in [2.05, 4.69) is 29.2 Å². The Kier molecular flexibility index (Phi) is 5.59. The number of aromatic amines is 1. The molecule has 0 spiro atoms. The molecule has 1 aromatic heterocycles. The summed E-state index contributed by atoms with van der Waals surface area (Å²) in [5.74, 6) is 0.478. The lowest BCUT2D eigenvalue weighted by atomic mass is 9.61. The third-order valence-corrected chi connectivity index (χ3v) is 7.79. The second-order valence-corrected chi connectivity index (χ2v) is 9.48. The molecule has 4 aromatic rings. The van der Waals surface area contributed by atoms with Crippen LogP contribution < -0.4 is 9.47 Å². The predicted molar refractivity (Wildman–Crippen MR) is 140 cm³/mol. The normalized spacial score (nSPS) is 17.4. The van der Waals surface area contributed by atoms with E-state index < -0.39 is 11.9 Å². The fourth-order valence-corrected chi connectivity index (χ4v) is 6.44. The Morgan fingerprint density at radius 2 is 1.14 bits per heavy atom. The van der Waals surface area contributed by atoms with Crippen molar-refractivity contribution in [3.8, 4) is 11.5 Å². The molecule has 1 heterocycles. The van der Waals surface area contributed by atoms with Crippen LogP contribution in [0.1, 0.15) is 81.8 Å².